The van der Waals surface area contributed by atoms with Gasteiger partial charge in [0.25, 0.3) is 0 Å². The Morgan fingerprint density at radius 2 is 2.42 bits per heavy atom. The molecule has 1 unspecified atom stereocenters. The number of pyridine rings is 1. The molecule has 0 aromatic carbocycles. The largest absolute Gasteiger partial charge is 0.322 e. The van der Waals surface area contributed by atoms with Crippen LogP contribution >= 0.6 is 0 Å². The van der Waals surface area contributed by atoms with Gasteiger partial charge in [-0.05, 0) is 19.1 Å². The van der Waals surface area contributed by atoms with Crippen LogP contribution in [0, 0.1) is 0 Å². The van der Waals surface area contributed by atoms with Crippen molar-refractivity contribution in [2.75, 3.05) is 0 Å². The monoisotopic (exact) mass is 164 g/mol. The minimum atomic E-state index is -0.396. The minimum absolute atomic E-state index is 0.0219. The third-order valence-electron chi connectivity index (χ3n) is 1.59. The summed E-state index contributed by atoms with van der Waals surface area (Å²) in [5.74, 6) is 0.0219. The Morgan fingerprint density at radius 3 is 2.92 bits per heavy atom. The Morgan fingerprint density at radius 1 is 1.67 bits per heavy atom. The number of Topliss-reactive ketones (excluding diaryl/α,β-unsaturated/α-hetero) is 1. The van der Waals surface area contributed by atoms with Crippen LogP contribution in [0.2, 0.25) is 0 Å². The highest BCUT2D eigenvalue weighted by Gasteiger charge is 2.08. The molecule has 0 aliphatic heterocycles. The van der Waals surface area contributed by atoms with Crippen LogP contribution < -0.4 is 5.73 Å². The van der Waals surface area contributed by atoms with E-state index in [1.54, 1.807) is 13.1 Å². The normalized spacial score (nSPS) is 12.5. The molecule has 3 nitrogen and oxygen atoms in total. The second-order valence-corrected chi connectivity index (χ2v) is 2.75. The SMILES string of the molecule is CC(N)C(=O)Cc1ccccn1. The molecule has 0 saturated carbocycles. The zero-order valence-corrected chi connectivity index (χ0v) is 7.03. The van der Waals surface area contributed by atoms with Gasteiger partial charge >= 0.3 is 0 Å². The lowest BCUT2D eigenvalue weighted by atomic mass is 10.1. The van der Waals surface area contributed by atoms with E-state index >= 15 is 0 Å². The number of hydrogen-bond donors (Lipinski definition) is 1. The molecule has 1 aromatic rings. The van der Waals surface area contributed by atoms with Gasteiger partial charge in [0.2, 0.25) is 0 Å². The molecule has 0 saturated heterocycles. The maximum atomic E-state index is 11.1. The molecule has 1 rings (SSSR count). The third-order valence-corrected chi connectivity index (χ3v) is 1.59. The molecule has 1 aromatic heterocycles. The Kier molecular flexibility index (Phi) is 2.94. The van der Waals surface area contributed by atoms with E-state index in [1.165, 1.54) is 0 Å². The van der Waals surface area contributed by atoms with Crippen molar-refractivity contribution in [3.05, 3.63) is 30.1 Å². The summed E-state index contributed by atoms with van der Waals surface area (Å²) in [6.45, 7) is 1.69. The van der Waals surface area contributed by atoms with Gasteiger partial charge in [0.05, 0.1) is 12.5 Å². The molecule has 1 atom stereocenters. The first-order valence-electron chi connectivity index (χ1n) is 3.88. The van der Waals surface area contributed by atoms with Gasteiger partial charge in [-0.3, -0.25) is 9.78 Å². The lowest BCUT2D eigenvalue weighted by molar-refractivity contribution is -0.119. The molecular weight excluding hydrogens is 152 g/mol. The van der Waals surface area contributed by atoms with Crippen LogP contribution in [0.5, 0.6) is 0 Å². The topological polar surface area (TPSA) is 56.0 Å². The third kappa shape index (κ3) is 2.43. The van der Waals surface area contributed by atoms with Crippen LogP contribution in [0.25, 0.3) is 0 Å². The number of carbonyl (C=O) groups is 1. The standard InChI is InChI=1S/C9H12N2O/c1-7(10)9(12)6-8-4-2-3-5-11-8/h2-5,7H,6,10H2,1H3. The van der Waals surface area contributed by atoms with Gasteiger partial charge in [0.15, 0.2) is 5.78 Å². The van der Waals surface area contributed by atoms with E-state index in [4.69, 9.17) is 5.73 Å². The fourth-order valence-corrected chi connectivity index (χ4v) is 0.842. The first-order valence-corrected chi connectivity index (χ1v) is 3.88. The van der Waals surface area contributed by atoms with Crippen molar-refractivity contribution < 1.29 is 4.79 Å². The summed E-state index contributed by atoms with van der Waals surface area (Å²) in [5.41, 5.74) is 6.18. The quantitative estimate of drug-likeness (QED) is 0.709. The number of ketones is 1. The second-order valence-electron chi connectivity index (χ2n) is 2.75. The highest BCUT2D eigenvalue weighted by molar-refractivity contribution is 5.85. The van der Waals surface area contributed by atoms with E-state index in [-0.39, 0.29) is 5.78 Å². The molecule has 0 bridgehead atoms. The summed E-state index contributed by atoms with van der Waals surface area (Å²) in [7, 11) is 0. The van der Waals surface area contributed by atoms with Crippen molar-refractivity contribution in [1.29, 1.82) is 0 Å². The predicted molar refractivity (Wildman–Crippen MR) is 46.6 cm³/mol. The fraction of sp³-hybridized carbons (Fsp3) is 0.333. The van der Waals surface area contributed by atoms with E-state index in [0.717, 1.165) is 5.69 Å². The van der Waals surface area contributed by atoms with Gasteiger partial charge in [0, 0.05) is 11.9 Å². The van der Waals surface area contributed by atoms with Crippen LogP contribution in [0.1, 0.15) is 12.6 Å². The maximum Gasteiger partial charge on any atom is 0.155 e. The van der Waals surface area contributed by atoms with E-state index in [1.807, 2.05) is 18.2 Å². The van der Waals surface area contributed by atoms with Crippen molar-refractivity contribution in [1.82, 2.24) is 4.98 Å². The molecule has 0 radical (unpaired) electrons. The number of carbonyl (C=O) groups excluding carboxylic acids is 1. The number of rotatable bonds is 3. The molecule has 1 heterocycles. The summed E-state index contributed by atoms with van der Waals surface area (Å²) in [4.78, 5) is 15.2. The highest BCUT2D eigenvalue weighted by atomic mass is 16.1. The molecule has 0 aliphatic carbocycles. The first kappa shape index (κ1) is 8.87. The maximum absolute atomic E-state index is 11.1. The first-order chi connectivity index (χ1) is 5.70. The summed E-state index contributed by atoms with van der Waals surface area (Å²) in [6.07, 6.45) is 2.00. The van der Waals surface area contributed by atoms with E-state index in [0.29, 0.717) is 6.42 Å². The molecular formula is C9H12N2O. The molecule has 0 amide bonds. The average molecular weight is 164 g/mol. The number of nitrogens with zero attached hydrogens (tertiary/aromatic N) is 1. The van der Waals surface area contributed by atoms with Crippen LogP contribution in [0.4, 0.5) is 0 Å². The number of hydrogen-bond acceptors (Lipinski definition) is 3. The molecule has 64 valence electrons. The van der Waals surface area contributed by atoms with E-state index < -0.39 is 6.04 Å². The summed E-state index contributed by atoms with van der Waals surface area (Å²) >= 11 is 0. The lowest BCUT2D eigenvalue weighted by Crippen LogP contribution is -2.28. The average Bonchev–Trinajstić information content (AvgIpc) is 2.06. The van der Waals surface area contributed by atoms with Crippen LogP contribution in [0.15, 0.2) is 24.4 Å². The Bertz CT molecular complexity index is 256. The molecule has 3 heteroatoms. The Hall–Kier alpha value is -1.22. The van der Waals surface area contributed by atoms with Gasteiger partial charge in [-0.2, -0.15) is 0 Å². The molecule has 0 fully saturated rings. The zero-order valence-electron chi connectivity index (χ0n) is 7.03. The van der Waals surface area contributed by atoms with Crippen molar-refractivity contribution in [2.45, 2.75) is 19.4 Å². The summed E-state index contributed by atoms with van der Waals surface area (Å²) in [6, 6.07) is 5.10. The summed E-state index contributed by atoms with van der Waals surface area (Å²) < 4.78 is 0. The van der Waals surface area contributed by atoms with Crippen molar-refractivity contribution in [3.8, 4) is 0 Å². The smallest absolute Gasteiger partial charge is 0.155 e. The van der Waals surface area contributed by atoms with Crippen LogP contribution in [-0.2, 0) is 11.2 Å². The summed E-state index contributed by atoms with van der Waals surface area (Å²) in [5, 5.41) is 0. The van der Waals surface area contributed by atoms with Crippen molar-refractivity contribution >= 4 is 5.78 Å². The molecule has 0 spiro atoms. The van der Waals surface area contributed by atoms with Gasteiger partial charge < -0.3 is 5.73 Å². The van der Waals surface area contributed by atoms with Gasteiger partial charge in [-0.1, -0.05) is 6.07 Å². The fourth-order valence-electron chi connectivity index (χ4n) is 0.842. The van der Waals surface area contributed by atoms with E-state index in [2.05, 4.69) is 4.98 Å². The van der Waals surface area contributed by atoms with Gasteiger partial charge in [0.1, 0.15) is 0 Å². The van der Waals surface area contributed by atoms with Crippen LogP contribution in [-0.4, -0.2) is 16.8 Å². The zero-order chi connectivity index (χ0) is 8.97. The minimum Gasteiger partial charge on any atom is -0.322 e. The number of aromatic nitrogens is 1. The Labute approximate surface area is 71.6 Å². The Balaban J connectivity index is 2.59. The molecule has 2 N–H and O–H groups in total. The lowest BCUT2D eigenvalue weighted by Gasteiger charge is -2.02. The van der Waals surface area contributed by atoms with E-state index in [9.17, 15) is 4.79 Å². The molecule has 12 heavy (non-hydrogen) atoms. The second kappa shape index (κ2) is 3.97. The van der Waals surface area contributed by atoms with Gasteiger partial charge in [-0.15, -0.1) is 0 Å². The van der Waals surface area contributed by atoms with Gasteiger partial charge in [-0.25, -0.2) is 0 Å². The predicted octanol–water partition coefficient (Wildman–Crippen LogP) is 0.540. The van der Waals surface area contributed by atoms with Crippen molar-refractivity contribution in [3.63, 3.8) is 0 Å². The highest BCUT2D eigenvalue weighted by Crippen LogP contribution is 1.96. The van der Waals surface area contributed by atoms with Crippen LogP contribution in [0.3, 0.4) is 0 Å². The molecule has 0 aliphatic rings. The van der Waals surface area contributed by atoms with Crippen molar-refractivity contribution in [2.24, 2.45) is 5.73 Å². The number of nitrogens with two attached hydrogens (primary N) is 1.